The monoisotopic (exact) mass is 321 g/mol. The van der Waals surface area contributed by atoms with Gasteiger partial charge in [0, 0.05) is 5.56 Å². The van der Waals surface area contributed by atoms with Gasteiger partial charge in [0.2, 0.25) is 0 Å². The normalized spacial score (nSPS) is 11.7. The highest BCUT2D eigenvalue weighted by Crippen LogP contribution is 2.16. The van der Waals surface area contributed by atoms with Crippen molar-refractivity contribution in [1.29, 1.82) is 0 Å². The first kappa shape index (κ1) is 15.9. The number of carbonyl (C=O) groups excluding carboxylic acids is 1. The predicted octanol–water partition coefficient (Wildman–Crippen LogP) is 4.35. The van der Waals surface area contributed by atoms with Crippen molar-refractivity contribution in [2.45, 2.75) is 19.6 Å². The first-order valence-corrected chi connectivity index (χ1v) is 7.83. The zero-order valence-electron chi connectivity index (χ0n) is 13.4. The lowest BCUT2D eigenvalue weighted by atomic mass is 10.1. The number of benzene rings is 2. The summed E-state index contributed by atoms with van der Waals surface area (Å²) in [5.74, 6) is 1.31. The van der Waals surface area contributed by atoms with Gasteiger partial charge in [0.05, 0.1) is 12.3 Å². The summed E-state index contributed by atoms with van der Waals surface area (Å²) in [5, 5.41) is 2.90. The van der Waals surface area contributed by atoms with Crippen LogP contribution < -0.4 is 10.1 Å². The van der Waals surface area contributed by atoms with Gasteiger partial charge >= 0.3 is 0 Å². The molecule has 3 rings (SSSR count). The third-order valence-electron chi connectivity index (χ3n) is 3.68. The zero-order valence-corrected chi connectivity index (χ0v) is 13.4. The highest BCUT2D eigenvalue weighted by molar-refractivity contribution is 5.94. The van der Waals surface area contributed by atoms with E-state index in [0.717, 1.165) is 17.1 Å². The molecule has 0 fully saturated rings. The van der Waals surface area contributed by atoms with Gasteiger partial charge in [-0.15, -0.1) is 0 Å². The number of rotatable bonds is 6. The average Bonchev–Trinajstić information content (AvgIpc) is 3.16. The topological polar surface area (TPSA) is 51.5 Å². The number of furan rings is 1. The Hall–Kier alpha value is -3.01. The molecule has 1 amide bonds. The molecule has 3 aromatic rings. The molecule has 4 nitrogen and oxygen atoms in total. The summed E-state index contributed by atoms with van der Waals surface area (Å²) in [6.07, 6.45) is 1.59. The molecular weight excluding hydrogens is 302 g/mol. The number of amides is 1. The highest BCUT2D eigenvalue weighted by Gasteiger charge is 2.13. The molecule has 0 spiro atoms. The minimum absolute atomic E-state index is 0.145. The van der Waals surface area contributed by atoms with Crippen LogP contribution in [0.5, 0.6) is 5.75 Å². The third kappa shape index (κ3) is 4.04. The van der Waals surface area contributed by atoms with Crippen LogP contribution in [0.4, 0.5) is 0 Å². The fraction of sp³-hybridized carbons (Fsp3) is 0.150. The van der Waals surface area contributed by atoms with Gasteiger partial charge in [-0.25, -0.2) is 0 Å². The van der Waals surface area contributed by atoms with E-state index in [4.69, 9.17) is 9.15 Å². The maximum Gasteiger partial charge on any atom is 0.251 e. The number of ether oxygens (including phenoxy) is 1. The van der Waals surface area contributed by atoms with E-state index in [1.54, 1.807) is 36.6 Å². The summed E-state index contributed by atoms with van der Waals surface area (Å²) in [5.41, 5.74) is 1.69. The van der Waals surface area contributed by atoms with E-state index in [-0.39, 0.29) is 11.9 Å². The molecule has 24 heavy (non-hydrogen) atoms. The van der Waals surface area contributed by atoms with Crippen LogP contribution in [0, 0.1) is 0 Å². The van der Waals surface area contributed by atoms with Crippen LogP contribution in [0.3, 0.4) is 0 Å². The van der Waals surface area contributed by atoms with E-state index in [1.165, 1.54) is 0 Å². The second kappa shape index (κ2) is 7.51. The fourth-order valence-corrected chi connectivity index (χ4v) is 2.33. The molecule has 1 N–H and O–H groups in total. The summed E-state index contributed by atoms with van der Waals surface area (Å²) in [6, 6.07) is 20.5. The molecule has 0 unspecified atom stereocenters. The maximum atomic E-state index is 12.2. The van der Waals surface area contributed by atoms with Gasteiger partial charge in [0.1, 0.15) is 18.1 Å². The van der Waals surface area contributed by atoms with Crippen LogP contribution in [0.1, 0.15) is 34.6 Å². The molecular formula is C20H19NO3. The third-order valence-corrected chi connectivity index (χ3v) is 3.68. The first-order chi connectivity index (χ1) is 11.7. The minimum Gasteiger partial charge on any atom is -0.489 e. The van der Waals surface area contributed by atoms with Crippen LogP contribution in [0.25, 0.3) is 0 Å². The lowest BCUT2D eigenvalue weighted by Crippen LogP contribution is -2.26. The Morgan fingerprint density at radius 1 is 1.04 bits per heavy atom. The smallest absolute Gasteiger partial charge is 0.251 e. The highest BCUT2D eigenvalue weighted by atomic mass is 16.5. The summed E-state index contributed by atoms with van der Waals surface area (Å²) in [7, 11) is 0. The van der Waals surface area contributed by atoms with Crippen LogP contribution >= 0.6 is 0 Å². The van der Waals surface area contributed by atoms with Crippen molar-refractivity contribution < 1.29 is 13.9 Å². The van der Waals surface area contributed by atoms with Gasteiger partial charge in [-0.05, 0) is 48.9 Å². The second-order valence-corrected chi connectivity index (χ2v) is 5.51. The molecule has 1 aromatic heterocycles. The Bertz CT molecular complexity index is 764. The molecule has 0 aliphatic carbocycles. The lowest BCUT2D eigenvalue weighted by Gasteiger charge is -2.12. The fourth-order valence-electron chi connectivity index (χ4n) is 2.33. The van der Waals surface area contributed by atoms with Crippen molar-refractivity contribution in [2.75, 3.05) is 0 Å². The van der Waals surface area contributed by atoms with Gasteiger partial charge in [-0.1, -0.05) is 30.3 Å². The molecule has 0 radical (unpaired) electrons. The number of carbonyl (C=O) groups is 1. The van der Waals surface area contributed by atoms with Gasteiger partial charge in [-0.2, -0.15) is 0 Å². The summed E-state index contributed by atoms with van der Waals surface area (Å²) >= 11 is 0. The number of hydrogen-bond donors (Lipinski definition) is 1. The van der Waals surface area contributed by atoms with Crippen LogP contribution in [0.15, 0.2) is 77.4 Å². The van der Waals surface area contributed by atoms with Crippen molar-refractivity contribution in [3.8, 4) is 5.75 Å². The van der Waals surface area contributed by atoms with Crippen molar-refractivity contribution in [1.82, 2.24) is 5.32 Å². The molecule has 1 heterocycles. The van der Waals surface area contributed by atoms with Gasteiger partial charge < -0.3 is 14.5 Å². The lowest BCUT2D eigenvalue weighted by molar-refractivity contribution is 0.0935. The summed E-state index contributed by atoms with van der Waals surface area (Å²) in [4.78, 5) is 12.2. The molecule has 0 saturated heterocycles. The van der Waals surface area contributed by atoms with E-state index in [0.29, 0.717) is 12.2 Å². The Labute approximate surface area is 141 Å². The SMILES string of the molecule is C[C@H](NC(=O)c1ccc(OCc2ccccc2)cc1)c1ccco1. The summed E-state index contributed by atoms with van der Waals surface area (Å²) < 4.78 is 11.0. The first-order valence-electron chi connectivity index (χ1n) is 7.83. The zero-order chi connectivity index (χ0) is 16.8. The number of nitrogens with one attached hydrogen (secondary N) is 1. The standard InChI is InChI=1S/C20H19NO3/c1-15(19-8-5-13-23-19)21-20(22)17-9-11-18(12-10-17)24-14-16-6-3-2-4-7-16/h2-13,15H,14H2,1H3,(H,21,22)/t15-/m0/s1. The van der Waals surface area contributed by atoms with Crippen molar-refractivity contribution in [3.05, 3.63) is 89.9 Å². The average molecular weight is 321 g/mol. The Kier molecular flexibility index (Phi) is 4.96. The largest absolute Gasteiger partial charge is 0.489 e. The molecule has 0 aliphatic heterocycles. The van der Waals surface area contributed by atoms with Crippen molar-refractivity contribution in [2.24, 2.45) is 0 Å². The number of hydrogen-bond acceptors (Lipinski definition) is 3. The van der Waals surface area contributed by atoms with E-state index < -0.39 is 0 Å². The Morgan fingerprint density at radius 3 is 2.46 bits per heavy atom. The molecule has 122 valence electrons. The van der Waals surface area contributed by atoms with Gasteiger partial charge in [0.15, 0.2) is 0 Å². The van der Waals surface area contributed by atoms with E-state index >= 15 is 0 Å². The molecule has 1 atom stereocenters. The maximum absolute atomic E-state index is 12.2. The second-order valence-electron chi connectivity index (χ2n) is 5.51. The molecule has 4 heteroatoms. The van der Waals surface area contributed by atoms with E-state index in [1.807, 2.05) is 43.3 Å². The molecule has 0 saturated carbocycles. The van der Waals surface area contributed by atoms with Crippen molar-refractivity contribution >= 4 is 5.91 Å². The van der Waals surface area contributed by atoms with Gasteiger partial charge in [-0.3, -0.25) is 4.79 Å². The van der Waals surface area contributed by atoms with Gasteiger partial charge in [0.25, 0.3) is 5.91 Å². The van der Waals surface area contributed by atoms with E-state index in [9.17, 15) is 4.79 Å². The van der Waals surface area contributed by atoms with Crippen LogP contribution in [-0.2, 0) is 6.61 Å². The van der Waals surface area contributed by atoms with Crippen LogP contribution in [0.2, 0.25) is 0 Å². The Balaban J connectivity index is 1.56. The summed E-state index contributed by atoms with van der Waals surface area (Å²) in [6.45, 7) is 2.38. The predicted molar refractivity (Wildman–Crippen MR) is 91.8 cm³/mol. The van der Waals surface area contributed by atoms with Crippen LogP contribution in [-0.4, -0.2) is 5.91 Å². The quantitative estimate of drug-likeness (QED) is 0.734. The molecule has 0 aliphatic rings. The minimum atomic E-state index is -0.179. The van der Waals surface area contributed by atoms with E-state index in [2.05, 4.69) is 5.32 Å². The Morgan fingerprint density at radius 2 is 1.79 bits per heavy atom. The van der Waals surface area contributed by atoms with Crippen molar-refractivity contribution in [3.63, 3.8) is 0 Å². The molecule has 2 aromatic carbocycles. The molecule has 0 bridgehead atoms.